The van der Waals surface area contributed by atoms with Crippen LogP contribution in [-0.4, -0.2) is 14.8 Å². The van der Waals surface area contributed by atoms with E-state index in [1.54, 1.807) is 0 Å². The first-order chi connectivity index (χ1) is 8.36. The molecule has 17 heavy (non-hydrogen) atoms. The lowest BCUT2D eigenvalue weighted by Gasteiger charge is -2.08. The van der Waals surface area contributed by atoms with Crippen LogP contribution in [0.5, 0.6) is 0 Å². The first-order valence-corrected chi connectivity index (χ1v) is 6.82. The normalized spacial score (nSPS) is 15.4. The molecule has 0 spiro atoms. The fourth-order valence-corrected chi connectivity index (χ4v) is 2.79. The molecule has 2 heterocycles. The molecule has 3 nitrogen and oxygen atoms in total. The van der Waals surface area contributed by atoms with Crippen LogP contribution >= 0.6 is 15.9 Å². The Labute approximate surface area is 109 Å². The molecule has 0 aliphatic carbocycles. The van der Waals surface area contributed by atoms with Gasteiger partial charge in [0.15, 0.2) is 5.82 Å². The van der Waals surface area contributed by atoms with Crippen molar-refractivity contribution in [2.24, 2.45) is 0 Å². The Morgan fingerprint density at radius 1 is 1.06 bits per heavy atom. The number of aromatic nitrogens is 3. The monoisotopic (exact) mass is 291 g/mol. The van der Waals surface area contributed by atoms with Crippen LogP contribution in [0.1, 0.15) is 25.1 Å². The minimum atomic E-state index is 0.995. The van der Waals surface area contributed by atoms with E-state index in [-0.39, 0.29) is 0 Å². The Morgan fingerprint density at radius 2 is 1.94 bits per heavy atom. The Bertz CT molecular complexity index is 533. The van der Waals surface area contributed by atoms with Gasteiger partial charge >= 0.3 is 0 Å². The molecule has 0 amide bonds. The minimum absolute atomic E-state index is 0.995. The molecule has 1 aliphatic rings. The van der Waals surface area contributed by atoms with Crippen LogP contribution in [0.4, 0.5) is 0 Å². The highest BCUT2D eigenvalue weighted by molar-refractivity contribution is 9.10. The van der Waals surface area contributed by atoms with Gasteiger partial charge in [-0.15, -0.1) is 10.2 Å². The van der Waals surface area contributed by atoms with Crippen molar-refractivity contribution >= 4 is 15.9 Å². The standard InChI is InChI=1S/C13H14BrN3/c14-11-7-4-3-6-10(11)13-16-15-12-8-2-1-5-9-17(12)13/h3-4,6-7H,1-2,5,8-9H2. The summed E-state index contributed by atoms with van der Waals surface area (Å²) in [6.45, 7) is 1.04. The van der Waals surface area contributed by atoms with Gasteiger partial charge in [0.05, 0.1) is 0 Å². The molecule has 88 valence electrons. The van der Waals surface area contributed by atoms with E-state index in [0.717, 1.165) is 34.7 Å². The Balaban J connectivity index is 2.10. The summed E-state index contributed by atoms with van der Waals surface area (Å²) in [6, 6.07) is 8.20. The lowest BCUT2D eigenvalue weighted by atomic mass is 10.2. The number of benzene rings is 1. The van der Waals surface area contributed by atoms with Gasteiger partial charge < -0.3 is 4.57 Å². The van der Waals surface area contributed by atoms with Crippen LogP contribution in [0.2, 0.25) is 0 Å². The van der Waals surface area contributed by atoms with Gasteiger partial charge in [-0.3, -0.25) is 0 Å². The molecule has 0 unspecified atom stereocenters. The Hall–Kier alpha value is -1.16. The van der Waals surface area contributed by atoms with Crippen molar-refractivity contribution in [2.75, 3.05) is 0 Å². The second-order valence-corrected chi connectivity index (χ2v) is 5.24. The van der Waals surface area contributed by atoms with Gasteiger partial charge in [-0.2, -0.15) is 0 Å². The summed E-state index contributed by atoms with van der Waals surface area (Å²) in [4.78, 5) is 0. The van der Waals surface area contributed by atoms with Crippen LogP contribution in [0.3, 0.4) is 0 Å². The maximum atomic E-state index is 4.35. The number of hydrogen-bond acceptors (Lipinski definition) is 2. The zero-order valence-electron chi connectivity index (χ0n) is 9.56. The second kappa shape index (κ2) is 4.61. The van der Waals surface area contributed by atoms with Crippen LogP contribution in [0.25, 0.3) is 11.4 Å². The number of hydrogen-bond donors (Lipinski definition) is 0. The Kier molecular flexibility index (Phi) is 2.97. The number of nitrogens with zero attached hydrogens (tertiary/aromatic N) is 3. The molecule has 0 fully saturated rings. The molecule has 2 aromatic rings. The maximum absolute atomic E-state index is 4.35. The number of aryl methyl sites for hydroxylation is 1. The predicted octanol–water partition coefficient (Wildman–Crippen LogP) is 3.43. The molecule has 0 N–H and O–H groups in total. The number of rotatable bonds is 1. The summed E-state index contributed by atoms with van der Waals surface area (Å²) in [5.74, 6) is 2.13. The van der Waals surface area contributed by atoms with Gasteiger partial charge in [-0.25, -0.2) is 0 Å². The number of fused-ring (bicyclic) bond motifs is 1. The molecular formula is C13H14BrN3. The molecule has 1 aliphatic heterocycles. The van der Waals surface area contributed by atoms with Crippen molar-refractivity contribution < 1.29 is 0 Å². The molecular weight excluding hydrogens is 278 g/mol. The molecule has 3 rings (SSSR count). The van der Waals surface area contributed by atoms with Gasteiger partial charge in [-0.1, -0.05) is 40.5 Å². The first-order valence-electron chi connectivity index (χ1n) is 6.03. The number of halogens is 1. The first kappa shape index (κ1) is 11.0. The van der Waals surface area contributed by atoms with Crippen LogP contribution in [-0.2, 0) is 13.0 Å². The summed E-state index contributed by atoms with van der Waals surface area (Å²) in [5, 5.41) is 8.68. The average Bonchev–Trinajstić information content (AvgIpc) is 2.59. The lowest BCUT2D eigenvalue weighted by molar-refractivity contribution is 0.636. The smallest absolute Gasteiger partial charge is 0.165 e. The molecule has 0 saturated heterocycles. The third kappa shape index (κ3) is 2.02. The molecule has 0 bridgehead atoms. The molecule has 0 radical (unpaired) electrons. The largest absolute Gasteiger partial charge is 0.311 e. The summed E-state index contributed by atoms with van der Waals surface area (Å²) in [6.07, 6.45) is 4.80. The van der Waals surface area contributed by atoms with Crippen molar-refractivity contribution in [1.82, 2.24) is 14.8 Å². The minimum Gasteiger partial charge on any atom is -0.311 e. The summed E-state index contributed by atoms with van der Waals surface area (Å²) in [7, 11) is 0. The molecule has 1 aromatic carbocycles. The molecule has 0 saturated carbocycles. The molecule has 1 aromatic heterocycles. The van der Waals surface area contributed by atoms with E-state index in [0.29, 0.717) is 0 Å². The zero-order chi connectivity index (χ0) is 11.7. The van der Waals surface area contributed by atoms with Crippen LogP contribution in [0, 0.1) is 0 Å². The van der Waals surface area contributed by atoms with Crippen molar-refractivity contribution in [3.63, 3.8) is 0 Å². The molecule has 0 atom stereocenters. The highest BCUT2D eigenvalue weighted by Gasteiger charge is 2.16. The van der Waals surface area contributed by atoms with Crippen LogP contribution in [0.15, 0.2) is 28.7 Å². The maximum Gasteiger partial charge on any atom is 0.165 e. The van der Waals surface area contributed by atoms with Gasteiger partial charge in [0, 0.05) is 23.0 Å². The summed E-state index contributed by atoms with van der Waals surface area (Å²) in [5.41, 5.74) is 1.13. The van der Waals surface area contributed by atoms with E-state index in [9.17, 15) is 0 Å². The SMILES string of the molecule is Brc1ccccc1-c1nnc2n1CCCCC2. The topological polar surface area (TPSA) is 30.7 Å². The van der Waals surface area contributed by atoms with Gasteiger partial charge in [0.1, 0.15) is 5.82 Å². The summed E-state index contributed by atoms with van der Waals surface area (Å²) < 4.78 is 3.35. The van der Waals surface area contributed by atoms with E-state index < -0.39 is 0 Å². The van der Waals surface area contributed by atoms with Gasteiger partial charge in [-0.05, 0) is 18.9 Å². The summed E-state index contributed by atoms with van der Waals surface area (Å²) >= 11 is 3.58. The average molecular weight is 292 g/mol. The Morgan fingerprint density at radius 3 is 2.82 bits per heavy atom. The highest BCUT2D eigenvalue weighted by atomic mass is 79.9. The van der Waals surface area contributed by atoms with Crippen molar-refractivity contribution in [3.05, 3.63) is 34.6 Å². The second-order valence-electron chi connectivity index (χ2n) is 4.38. The van der Waals surface area contributed by atoms with Crippen molar-refractivity contribution in [3.8, 4) is 11.4 Å². The van der Waals surface area contributed by atoms with Gasteiger partial charge in [0.25, 0.3) is 0 Å². The van der Waals surface area contributed by atoms with E-state index in [1.165, 1.54) is 19.3 Å². The quantitative estimate of drug-likeness (QED) is 0.806. The predicted molar refractivity (Wildman–Crippen MR) is 70.7 cm³/mol. The van der Waals surface area contributed by atoms with Crippen LogP contribution < -0.4 is 0 Å². The fourth-order valence-electron chi connectivity index (χ4n) is 2.33. The fraction of sp³-hybridized carbons (Fsp3) is 0.385. The van der Waals surface area contributed by atoms with E-state index >= 15 is 0 Å². The van der Waals surface area contributed by atoms with E-state index in [2.05, 4.69) is 36.8 Å². The molecule has 4 heteroatoms. The third-order valence-electron chi connectivity index (χ3n) is 3.22. The van der Waals surface area contributed by atoms with Crippen molar-refractivity contribution in [2.45, 2.75) is 32.2 Å². The van der Waals surface area contributed by atoms with Crippen molar-refractivity contribution in [1.29, 1.82) is 0 Å². The van der Waals surface area contributed by atoms with Gasteiger partial charge in [0.2, 0.25) is 0 Å². The van der Waals surface area contributed by atoms with E-state index in [1.807, 2.05) is 18.2 Å². The highest BCUT2D eigenvalue weighted by Crippen LogP contribution is 2.28. The third-order valence-corrected chi connectivity index (χ3v) is 3.92. The lowest BCUT2D eigenvalue weighted by Crippen LogP contribution is -2.03. The van der Waals surface area contributed by atoms with E-state index in [4.69, 9.17) is 0 Å². The zero-order valence-corrected chi connectivity index (χ0v) is 11.2.